The van der Waals surface area contributed by atoms with Crippen LogP contribution >= 0.6 is 15.9 Å². The number of carbonyl (C=O) groups is 1. The zero-order chi connectivity index (χ0) is 18.4. The first-order chi connectivity index (χ1) is 12.7. The lowest BCUT2D eigenvalue weighted by molar-refractivity contribution is 0.0737. The van der Waals surface area contributed by atoms with E-state index in [0.29, 0.717) is 17.9 Å². The van der Waals surface area contributed by atoms with Gasteiger partial charge in [-0.1, -0.05) is 60.0 Å². The molecule has 3 nitrogen and oxygen atoms in total. The van der Waals surface area contributed by atoms with Crippen LogP contribution in [-0.4, -0.2) is 12.6 Å². The molecular formula is C22H21BrO3. The standard InChI is InChI=1S/C22H21BrO3/c1-2-3-6-15-25-17-11-9-16(10-12-17)22(24)26-21-14-13-20(23)18-7-4-5-8-19(18)21/h4-5,7-14H,2-3,6,15H2,1H3. The minimum atomic E-state index is -0.380. The van der Waals surface area contributed by atoms with E-state index in [0.717, 1.165) is 33.8 Å². The van der Waals surface area contributed by atoms with Crippen LogP contribution in [-0.2, 0) is 0 Å². The molecule has 0 heterocycles. The molecule has 0 fully saturated rings. The Morgan fingerprint density at radius 2 is 1.65 bits per heavy atom. The van der Waals surface area contributed by atoms with Gasteiger partial charge in [0.1, 0.15) is 11.5 Å². The summed E-state index contributed by atoms with van der Waals surface area (Å²) in [5, 5.41) is 1.90. The number of benzene rings is 3. The van der Waals surface area contributed by atoms with Crippen LogP contribution in [0.15, 0.2) is 65.1 Å². The van der Waals surface area contributed by atoms with Gasteiger partial charge in [0.05, 0.1) is 12.2 Å². The highest BCUT2D eigenvalue weighted by atomic mass is 79.9. The highest BCUT2D eigenvalue weighted by molar-refractivity contribution is 9.10. The summed E-state index contributed by atoms with van der Waals surface area (Å²) >= 11 is 3.53. The van der Waals surface area contributed by atoms with Gasteiger partial charge in [-0.2, -0.15) is 0 Å². The van der Waals surface area contributed by atoms with E-state index >= 15 is 0 Å². The fourth-order valence-electron chi connectivity index (χ4n) is 2.71. The third kappa shape index (κ3) is 4.44. The largest absolute Gasteiger partial charge is 0.494 e. The van der Waals surface area contributed by atoms with E-state index in [9.17, 15) is 4.79 Å². The molecule has 0 spiro atoms. The van der Waals surface area contributed by atoms with Crippen LogP contribution in [0.2, 0.25) is 0 Å². The monoisotopic (exact) mass is 412 g/mol. The summed E-state index contributed by atoms with van der Waals surface area (Å²) < 4.78 is 12.3. The minimum absolute atomic E-state index is 0.380. The molecule has 0 saturated heterocycles. The number of halogens is 1. The molecule has 3 aromatic carbocycles. The van der Waals surface area contributed by atoms with Gasteiger partial charge in [-0.15, -0.1) is 0 Å². The maximum absolute atomic E-state index is 12.5. The number of fused-ring (bicyclic) bond motifs is 1. The number of hydrogen-bond donors (Lipinski definition) is 0. The predicted molar refractivity (Wildman–Crippen MR) is 108 cm³/mol. The summed E-state index contributed by atoms with van der Waals surface area (Å²) in [4.78, 5) is 12.5. The second-order valence-electron chi connectivity index (χ2n) is 6.06. The van der Waals surface area contributed by atoms with Crippen molar-refractivity contribution in [1.82, 2.24) is 0 Å². The van der Waals surface area contributed by atoms with Gasteiger partial charge in [0.2, 0.25) is 0 Å². The Labute approximate surface area is 162 Å². The van der Waals surface area contributed by atoms with Crippen molar-refractivity contribution >= 4 is 32.7 Å². The average Bonchev–Trinajstić information content (AvgIpc) is 2.68. The highest BCUT2D eigenvalue weighted by Gasteiger charge is 2.12. The molecule has 0 radical (unpaired) electrons. The van der Waals surface area contributed by atoms with Gasteiger partial charge in [0.25, 0.3) is 0 Å². The number of rotatable bonds is 7. The quantitative estimate of drug-likeness (QED) is 0.256. The van der Waals surface area contributed by atoms with Crippen LogP contribution in [0.25, 0.3) is 10.8 Å². The first-order valence-electron chi connectivity index (χ1n) is 8.81. The van der Waals surface area contributed by atoms with Crippen molar-refractivity contribution < 1.29 is 14.3 Å². The van der Waals surface area contributed by atoms with Gasteiger partial charge in [0.15, 0.2) is 0 Å². The number of carbonyl (C=O) groups excluding carboxylic acids is 1. The van der Waals surface area contributed by atoms with E-state index < -0.39 is 0 Å². The molecule has 134 valence electrons. The Morgan fingerprint density at radius 1 is 0.923 bits per heavy atom. The molecule has 0 amide bonds. The van der Waals surface area contributed by atoms with Crippen molar-refractivity contribution in [2.75, 3.05) is 6.61 Å². The van der Waals surface area contributed by atoms with E-state index in [2.05, 4.69) is 22.9 Å². The molecule has 3 rings (SSSR count). The van der Waals surface area contributed by atoms with Crippen molar-refractivity contribution in [2.24, 2.45) is 0 Å². The average molecular weight is 413 g/mol. The van der Waals surface area contributed by atoms with Crippen LogP contribution < -0.4 is 9.47 Å². The van der Waals surface area contributed by atoms with Crippen molar-refractivity contribution in [3.05, 3.63) is 70.7 Å². The lowest BCUT2D eigenvalue weighted by Crippen LogP contribution is -2.08. The highest BCUT2D eigenvalue weighted by Crippen LogP contribution is 2.32. The molecule has 0 aliphatic rings. The molecule has 3 aromatic rings. The minimum Gasteiger partial charge on any atom is -0.494 e. The van der Waals surface area contributed by atoms with Crippen LogP contribution in [0.4, 0.5) is 0 Å². The second-order valence-corrected chi connectivity index (χ2v) is 6.91. The maximum atomic E-state index is 12.5. The van der Waals surface area contributed by atoms with Gasteiger partial charge >= 0.3 is 5.97 Å². The zero-order valence-corrected chi connectivity index (χ0v) is 16.3. The topological polar surface area (TPSA) is 35.5 Å². The smallest absolute Gasteiger partial charge is 0.343 e. The van der Waals surface area contributed by atoms with E-state index in [1.807, 2.05) is 42.5 Å². The summed E-state index contributed by atoms with van der Waals surface area (Å²) in [5.74, 6) is 0.940. The summed E-state index contributed by atoms with van der Waals surface area (Å²) in [6.07, 6.45) is 3.36. The number of unbranched alkanes of at least 4 members (excludes halogenated alkanes) is 2. The fourth-order valence-corrected chi connectivity index (χ4v) is 3.19. The molecule has 26 heavy (non-hydrogen) atoms. The van der Waals surface area contributed by atoms with Gasteiger partial charge < -0.3 is 9.47 Å². The Balaban J connectivity index is 1.70. The van der Waals surface area contributed by atoms with Gasteiger partial charge in [0, 0.05) is 9.86 Å². The SMILES string of the molecule is CCCCCOc1ccc(C(=O)Oc2ccc(Br)c3ccccc23)cc1. The molecule has 0 saturated carbocycles. The van der Waals surface area contributed by atoms with Crippen LogP contribution in [0.1, 0.15) is 36.5 Å². The van der Waals surface area contributed by atoms with Crippen LogP contribution in [0, 0.1) is 0 Å². The maximum Gasteiger partial charge on any atom is 0.343 e. The lowest BCUT2D eigenvalue weighted by atomic mass is 10.1. The number of hydrogen-bond acceptors (Lipinski definition) is 3. The first kappa shape index (κ1) is 18.5. The second kappa shape index (κ2) is 8.86. The van der Waals surface area contributed by atoms with E-state index in [-0.39, 0.29) is 5.97 Å². The number of ether oxygens (including phenoxy) is 2. The Kier molecular flexibility index (Phi) is 6.29. The fraction of sp³-hybridized carbons (Fsp3) is 0.227. The lowest BCUT2D eigenvalue weighted by Gasteiger charge is -2.10. The summed E-state index contributed by atoms with van der Waals surface area (Å²) in [6.45, 7) is 2.86. The van der Waals surface area contributed by atoms with Crippen molar-refractivity contribution in [3.8, 4) is 11.5 Å². The summed E-state index contributed by atoms with van der Waals surface area (Å²) in [6, 6.07) is 18.6. The molecule has 0 aromatic heterocycles. The Hall–Kier alpha value is -2.33. The molecular weight excluding hydrogens is 392 g/mol. The zero-order valence-electron chi connectivity index (χ0n) is 14.7. The molecule has 0 bridgehead atoms. The molecule has 0 atom stereocenters. The van der Waals surface area contributed by atoms with Crippen molar-refractivity contribution in [2.45, 2.75) is 26.2 Å². The molecule has 0 unspecified atom stereocenters. The van der Waals surface area contributed by atoms with E-state index in [4.69, 9.17) is 9.47 Å². The Morgan fingerprint density at radius 3 is 2.38 bits per heavy atom. The normalized spacial score (nSPS) is 10.7. The molecule has 0 aliphatic heterocycles. The molecule has 4 heteroatoms. The molecule has 0 aliphatic carbocycles. The number of esters is 1. The predicted octanol–water partition coefficient (Wildman–Crippen LogP) is 6.39. The summed E-state index contributed by atoms with van der Waals surface area (Å²) in [5.41, 5.74) is 0.498. The van der Waals surface area contributed by atoms with E-state index in [1.165, 1.54) is 6.42 Å². The van der Waals surface area contributed by atoms with Gasteiger partial charge in [-0.3, -0.25) is 0 Å². The molecule has 0 N–H and O–H groups in total. The van der Waals surface area contributed by atoms with Crippen LogP contribution in [0.3, 0.4) is 0 Å². The Bertz CT molecular complexity index is 888. The third-order valence-electron chi connectivity index (χ3n) is 4.14. The third-order valence-corrected chi connectivity index (χ3v) is 4.83. The first-order valence-corrected chi connectivity index (χ1v) is 9.60. The van der Waals surface area contributed by atoms with E-state index in [1.54, 1.807) is 18.2 Å². The van der Waals surface area contributed by atoms with Crippen LogP contribution in [0.5, 0.6) is 11.5 Å². The van der Waals surface area contributed by atoms with Gasteiger partial charge in [-0.25, -0.2) is 4.79 Å². The summed E-state index contributed by atoms with van der Waals surface area (Å²) in [7, 11) is 0. The van der Waals surface area contributed by atoms with Crippen molar-refractivity contribution in [3.63, 3.8) is 0 Å². The van der Waals surface area contributed by atoms with Gasteiger partial charge in [-0.05, 0) is 48.2 Å². The van der Waals surface area contributed by atoms with Crippen molar-refractivity contribution in [1.29, 1.82) is 0 Å².